The minimum Gasteiger partial charge on any atom is -0.469 e. The molecule has 7 rings (SSSR count). The number of aliphatic hydroxyl groups is 1. The van der Waals surface area contributed by atoms with E-state index in [2.05, 4.69) is 10.2 Å². The number of carbonyl (C=O) groups is 2. The maximum Gasteiger partial charge on any atom is 0.305 e. The first-order chi connectivity index (χ1) is 17.4. The van der Waals surface area contributed by atoms with Crippen molar-refractivity contribution in [1.29, 1.82) is 0 Å². The van der Waals surface area contributed by atoms with Gasteiger partial charge in [0.15, 0.2) is 0 Å². The Labute approximate surface area is 218 Å². The number of anilines is 1. The Kier molecular flexibility index (Phi) is 6.69. The summed E-state index contributed by atoms with van der Waals surface area (Å²) in [4.78, 5) is 32.7. The minimum absolute atomic E-state index is 0.0102. The summed E-state index contributed by atoms with van der Waals surface area (Å²) in [7, 11) is 1.44. The van der Waals surface area contributed by atoms with Gasteiger partial charge in [-0.3, -0.25) is 9.59 Å². The van der Waals surface area contributed by atoms with Crippen molar-refractivity contribution in [3.05, 3.63) is 17.7 Å². The van der Waals surface area contributed by atoms with Gasteiger partial charge in [-0.15, -0.1) is 11.8 Å². The van der Waals surface area contributed by atoms with Gasteiger partial charge in [-0.25, -0.2) is 4.98 Å². The van der Waals surface area contributed by atoms with E-state index >= 15 is 0 Å². The van der Waals surface area contributed by atoms with Crippen molar-refractivity contribution in [2.24, 2.45) is 23.7 Å². The number of esters is 1. The molecule has 2 N–H and O–H groups in total. The molecule has 1 aliphatic heterocycles. The second kappa shape index (κ2) is 9.82. The highest BCUT2D eigenvalue weighted by atomic mass is 32.2. The van der Waals surface area contributed by atoms with Crippen molar-refractivity contribution < 1.29 is 19.4 Å². The minimum atomic E-state index is -0.494. The Balaban J connectivity index is 1.19. The number of rotatable bonds is 7. The van der Waals surface area contributed by atoms with E-state index in [1.807, 2.05) is 12.1 Å². The van der Waals surface area contributed by atoms with Crippen LogP contribution < -0.4 is 10.2 Å². The summed E-state index contributed by atoms with van der Waals surface area (Å²) in [5.41, 5.74) is 0.194. The van der Waals surface area contributed by atoms with E-state index in [-0.39, 0.29) is 23.8 Å². The van der Waals surface area contributed by atoms with Crippen molar-refractivity contribution >= 4 is 29.5 Å². The largest absolute Gasteiger partial charge is 0.469 e. The summed E-state index contributed by atoms with van der Waals surface area (Å²) < 4.78 is 4.86. The van der Waals surface area contributed by atoms with Gasteiger partial charge >= 0.3 is 5.97 Å². The van der Waals surface area contributed by atoms with Crippen LogP contribution in [0.1, 0.15) is 81.0 Å². The molecule has 2 unspecified atom stereocenters. The van der Waals surface area contributed by atoms with Crippen LogP contribution >= 0.6 is 11.8 Å². The normalized spacial score (nSPS) is 35.4. The van der Waals surface area contributed by atoms with Gasteiger partial charge in [-0.05, 0) is 87.2 Å². The monoisotopic (exact) mass is 513 g/mol. The number of pyridine rings is 1. The topological polar surface area (TPSA) is 91.8 Å². The van der Waals surface area contributed by atoms with Crippen LogP contribution in [-0.4, -0.2) is 59.1 Å². The number of nitrogens with one attached hydrogen (secondary N) is 1. The maximum atomic E-state index is 13.7. The van der Waals surface area contributed by atoms with E-state index < -0.39 is 5.60 Å². The highest BCUT2D eigenvalue weighted by molar-refractivity contribution is 7.99. The number of hydrogen-bond acceptors (Lipinski definition) is 7. The molecule has 3 atom stereocenters. The van der Waals surface area contributed by atoms with Crippen LogP contribution in [0.5, 0.6) is 0 Å². The van der Waals surface area contributed by atoms with E-state index in [1.54, 1.807) is 11.8 Å². The van der Waals surface area contributed by atoms with Crippen LogP contribution in [0, 0.1) is 23.7 Å². The number of thioether (sulfide) groups is 1. The van der Waals surface area contributed by atoms with Gasteiger partial charge in [-0.2, -0.15) is 0 Å². The zero-order valence-electron chi connectivity index (χ0n) is 21.3. The number of nitrogens with zero attached hydrogens (tertiary/aromatic N) is 2. The van der Waals surface area contributed by atoms with Crippen LogP contribution in [0.4, 0.5) is 5.82 Å². The SMILES string of the molecule is COC(=O)C[C@@H]1CCN(c2ccc(C(=O)N[C@H]3C4CC5CC3C[C@@](O)(C5)C4)c(SC3CCCC3)n2)C1. The quantitative estimate of drug-likeness (QED) is 0.529. The third-order valence-electron chi connectivity index (χ3n) is 9.50. The van der Waals surface area contributed by atoms with Gasteiger partial charge in [0.05, 0.1) is 24.7 Å². The standard InChI is InChI=1S/C28H39N3O4S/c1-35-24(32)12-17-8-9-31(16-17)23-7-6-22(27(29-23)36-21-4-2-3-5-21)26(33)30-25-19-10-18-11-20(25)15-28(34,13-18)14-19/h6-7,17-21,25,34H,2-5,8-16H2,1H3,(H,30,33)/t17-,18?,19?,20?,25-,28+/m0/s1. The van der Waals surface area contributed by atoms with Crippen molar-refractivity contribution in [3.63, 3.8) is 0 Å². The third kappa shape index (κ3) is 4.87. The summed E-state index contributed by atoms with van der Waals surface area (Å²) in [5.74, 6) is 2.41. The van der Waals surface area contributed by atoms with Gasteiger partial charge in [-0.1, -0.05) is 12.8 Å². The van der Waals surface area contributed by atoms with Gasteiger partial charge in [0, 0.05) is 24.4 Å². The molecular formula is C28H39N3O4S. The molecular weight excluding hydrogens is 474 g/mol. The summed E-state index contributed by atoms with van der Waals surface area (Å²) in [6.07, 6.45) is 11.1. The molecule has 1 aromatic heterocycles. The Morgan fingerprint density at radius 3 is 2.61 bits per heavy atom. The average molecular weight is 514 g/mol. The molecule has 5 saturated carbocycles. The number of aromatic nitrogens is 1. The van der Waals surface area contributed by atoms with Crippen molar-refractivity contribution in [1.82, 2.24) is 10.3 Å². The first kappa shape index (κ1) is 24.5. The molecule has 7 nitrogen and oxygen atoms in total. The highest BCUT2D eigenvalue weighted by Gasteiger charge is 2.55. The summed E-state index contributed by atoms with van der Waals surface area (Å²) in [5, 5.41) is 15.7. The van der Waals surface area contributed by atoms with Gasteiger partial charge < -0.3 is 20.1 Å². The molecule has 0 spiro atoms. The van der Waals surface area contributed by atoms with E-state index in [0.29, 0.717) is 35.0 Å². The van der Waals surface area contributed by atoms with E-state index in [0.717, 1.165) is 62.5 Å². The molecule has 5 aliphatic carbocycles. The number of ether oxygens (including phenoxy) is 1. The van der Waals surface area contributed by atoms with Gasteiger partial charge in [0.2, 0.25) is 0 Å². The summed E-state index contributed by atoms with van der Waals surface area (Å²) in [6, 6.07) is 4.11. The third-order valence-corrected chi connectivity index (χ3v) is 10.8. The van der Waals surface area contributed by atoms with Crippen LogP contribution in [0.2, 0.25) is 0 Å². The van der Waals surface area contributed by atoms with Crippen molar-refractivity contribution in [3.8, 4) is 0 Å². The van der Waals surface area contributed by atoms with E-state index in [9.17, 15) is 14.7 Å². The maximum absolute atomic E-state index is 13.7. The molecule has 0 aromatic carbocycles. The molecule has 8 heteroatoms. The Hall–Kier alpha value is -1.80. The molecule has 4 bridgehead atoms. The average Bonchev–Trinajstić information content (AvgIpc) is 3.52. The molecule has 1 aromatic rings. The predicted molar refractivity (Wildman–Crippen MR) is 139 cm³/mol. The van der Waals surface area contributed by atoms with Crippen LogP contribution in [0.15, 0.2) is 17.2 Å². The fourth-order valence-corrected chi connectivity index (χ4v) is 9.32. The number of amides is 1. The first-order valence-electron chi connectivity index (χ1n) is 13.9. The molecule has 6 fully saturated rings. The predicted octanol–water partition coefficient (Wildman–Crippen LogP) is 4.18. The molecule has 6 aliphatic rings. The van der Waals surface area contributed by atoms with Crippen LogP contribution in [-0.2, 0) is 9.53 Å². The fourth-order valence-electron chi connectivity index (χ4n) is 8.01. The summed E-state index contributed by atoms with van der Waals surface area (Å²) in [6.45, 7) is 1.65. The van der Waals surface area contributed by atoms with Crippen molar-refractivity contribution in [2.45, 2.75) is 92.5 Å². The Bertz CT molecular complexity index is 997. The second-order valence-corrected chi connectivity index (χ2v) is 13.4. The van der Waals surface area contributed by atoms with Crippen LogP contribution in [0.25, 0.3) is 0 Å². The zero-order chi connectivity index (χ0) is 24.9. The van der Waals surface area contributed by atoms with Gasteiger partial charge in [0.1, 0.15) is 10.8 Å². The smallest absolute Gasteiger partial charge is 0.305 e. The first-order valence-corrected chi connectivity index (χ1v) is 14.8. The van der Waals surface area contributed by atoms with E-state index in [4.69, 9.17) is 9.72 Å². The molecule has 0 radical (unpaired) electrons. The van der Waals surface area contributed by atoms with Gasteiger partial charge in [0.25, 0.3) is 5.91 Å². The number of methoxy groups -OCH3 is 1. The zero-order valence-corrected chi connectivity index (χ0v) is 22.1. The lowest BCUT2D eigenvalue weighted by Gasteiger charge is -2.58. The fraction of sp³-hybridized carbons (Fsp3) is 0.750. The lowest BCUT2D eigenvalue weighted by Crippen LogP contribution is -2.61. The lowest BCUT2D eigenvalue weighted by atomic mass is 9.52. The molecule has 36 heavy (non-hydrogen) atoms. The lowest BCUT2D eigenvalue weighted by molar-refractivity contribution is -0.141. The number of hydrogen-bond donors (Lipinski definition) is 2. The Morgan fingerprint density at radius 2 is 1.92 bits per heavy atom. The number of carbonyl (C=O) groups excluding carboxylic acids is 2. The van der Waals surface area contributed by atoms with Crippen molar-refractivity contribution in [2.75, 3.05) is 25.1 Å². The second-order valence-electron chi connectivity index (χ2n) is 12.1. The van der Waals surface area contributed by atoms with Crippen LogP contribution in [0.3, 0.4) is 0 Å². The van der Waals surface area contributed by atoms with E-state index in [1.165, 1.54) is 32.8 Å². The molecule has 2 heterocycles. The molecule has 1 amide bonds. The Morgan fingerprint density at radius 1 is 1.17 bits per heavy atom. The highest BCUT2D eigenvalue weighted by Crippen LogP contribution is 2.55. The molecule has 1 saturated heterocycles. The summed E-state index contributed by atoms with van der Waals surface area (Å²) >= 11 is 1.77. The molecule has 196 valence electrons.